The zero-order valence-electron chi connectivity index (χ0n) is 7.82. The number of nitrogens with two attached hydrogens (primary N) is 1. The highest BCUT2D eigenvalue weighted by molar-refractivity contribution is 9.10. The highest BCUT2D eigenvalue weighted by Crippen LogP contribution is 2.37. The second-order valence-corrected chi connectivity index (χ2v) is 4.42. The van der Waals surface area contributed by atoms with Crippen molar-refractivity contribution in [3.8, 4) is 0 Å². The van der Waals surface area contributed by atoms with Gasteiger partial charge in [-0.2, -0.15) is 0 Å². The summed E-state index contributed by atoms with van der Waals surface area (Å²) in [7, 11) is 0. The topological polar surface area (TPSA) is 38.9 Å². The fourth-order valence-electron chi connectivity index (χ4n) is 1.51. The third-order valence-electron chi connectivity index (χ3n) is 2.47. The van der Waals surface area contributed by atoms with Crippen LogP contribution in [-0.4, -0.2) is 4.98 Å². The summed E-state index contributed by atoms with van der Waals surface area (Å²) in [6.07, 6.45) is 5.58. The standard InChI is InChI=1S/C10H13BrN2.ClH/c11-10-8(2-1-5-13-10)9(12)6-7-3-4-7;/h1-2,5,7,9H,3-4,6,12H2;1H/t9-;/m0./s1. The average Bonchev–Trinajstić information content (AvgIpc) is 2.89. The van der Waals surface area contributed by atoms with Gasteiger partial charge in [0.1, 0.15) is 4.60 Å². The number of aromatic nitrogens is 1. The maximum Gasteiger partial charge on any atom is 0.110 e. The Kier molecular flexibility index (Phi) is 4.35. The number of halogens is 2. The first-order valence-corrected chi connectivity index (χ1v) is 5.42. The molecule has 1 aliphatic rings. The van der Waals surface area contributed by atoms with Crippen LogP contribution in [0.15, 0.2) is 22.9 Å². The maximum atomic E-state index is 6.07. The number of nitrogens with zero attached hydrogens (tertiary/aromatic N) is 1. The van der Waals surface area contributed by atoms with Crippen molar-refractivity contribution in [3.05, 3.63) is 28.5 Å². The first kappa shape index (κ1) is 12.0. The smallest absolute Gasteiger partial charge is 0.110 e. The summed E-state index contributed by atoms with van der Waals surface area (Å²) in [5, 5.41) is 0. The molecule has 2 N–H and O–H groups in total. The Bertz CT molecular complexity index is 302. The maximum absolute atomic E-state index is 6.07. The molecule has 1 atom stereocenters. The minimum absolute atomic E-state index is 0. The molecule has 4 heteroatoms. The molecule has 1 saturated carbocycles. The van der Waals surface area contributed by atoms with E-state index in [2.05, 4.69) is 20.9 Å². The molecule has 0 aromatic carbocycles. The van der Waals surface area contributed by atoms with Gasteiger partial charge in [-0.3, -0.25) is 0 Å². The van der Waals surface area contributed by atoms with Gasteiger partial charge in [0.25, 0.3) is 0 Å². The first-order valence-electron chi connectivity index (χ1n) is 4.63. The van der Waals surface area contributed by atoms with Gasteiger partial charge in [-0.25, -0.2) is 4.98 Å². The Labute approximate surface area is 98.8 Å². The Morgan fingerprint density at radius 2 is 2.29 bits per heavy atom. The predicted molar refractivity (Wildman–Crippen MR) is 63.5 cm³/mol. The number of hydrogen-bond acceptors (Lipinski definition) is 2. The van der Waals surface area contributed by atoms with Gasteiger partial charge in [0.05, 0.1) is 0 Å². The molecule has 0 unspecified atom stereocenters. The van der Waals surface area contributed by atoms with Crippen molar-refractivity contribution < 1.29 is 0 Å². The molecule has 0 aliphatic heterocycles. The van der Waals surface area contributed by atoms with Crippen LogP contribution in [0.4, 0.5) is 0 Å². The minimum atomic E-state index is 0. The lowest BCUT2D eigenvalue weighted by atomic mass is 10.0. The molecule has 0 saturated heterocycles. The fraction of sp³-hybridized carbons (Fsp3) is 0.500. The summed E-state index contributed by atoms with van der Waals surface area (Å²) in [6, 6.07) is 4.13. The van der Waals surface area contributed by atoms with Gasteiger partial charge in [-0.1, -0.05) is 18.9 Å². The van der Waals surface area contributed by atoms with E-state index in [1.165, 1.54) is 12.8 Å². The molecule has 1 aromatic heterocycles. The predicted octanol–water partition coefficient (Wildman–Crippen LogP) is 3.07. The van der Waals surface area contributed by atoms with E-state index in [9.17, 15) is 0 Å². The molecule has 0 radical (unpaired) electrons. The van der Waals surface area contributed by atoms with Crippen LogP contribution in [0.5, 0.6) is 0 Å². The number of rotatable bonds is 3. The van der Waals surface area contributed by atoms with Crippen molar-refractivity contribution >= 4 is 28.3 Å². The fourth-order valence-corrected chi connectivity index (χ4v) is 2.06. The van der Waals surface area contributed by atoms with E-state index >= 15 is 0 Å². The lowest BCUT2D eigenvalue weighted by molar-refractivity contribution is 0.593. The van der Waals surface area contributed by atoms with E-state index < -0.39 is 0 Å². The zero-order chi connectivity index (χ0) is 9.26. The van der Waals surface area contributed by atoms with Crippen LogP contribution in [0.2, 0.25) is 0 Å². The van der Waals surface area contributed by atoms with Gasteiger partial charge in [0.2, 0.25) is 0 Å². The van der Waals surface area contributed by atoms with Crippen LogP contribution in [0.3, 0.4) is 0 Å². The second kappa shape index (κ2) is 5.10. The largest absolute Gasteiger partial charge is 0.324 e. The van der Waals surface area contributed by atoms with E-state index in [1.807, 2.05) is 12.1 Å². The molecule has 1 heterocycles. The van der Waals surface area contributed by atoms with Crippen LogP contribution < -0.4 is 5.73 Å². The summed E-state index contributed by atoms with van der Waals surface area (Å²) in [6.45, 7) is 0. The van der Waals surface area contributed by atoms with Crippen LogP contribution in [0.1, 0.15) is 30.9 Å². The van der Waals surface area contributed by atoms with Gasteiger partial charge in [-0.05, 0) is 34.3 Å². The summed E-state index contributed by atoms with van der Waals surface area (Å²) in [5.74, 6) is 0.863. The molecule has 1 aliphatic carbocycles. The number of hydrogen-bond donors (Lipinski definition) is 1. The highest BCUT2D eigenvalue weighted by atomic mass is 79.9. The lowest BCUT2D eigenvalue weighted by Crippen LogP contribution is -2.11. The van der Waals surface area contributed by atoms with Gasteiger partial charge in [0.15, 0.2) is 0 Å². The molecule has 2 rings (SSSR count). The van der Waals surface area contributed by atoms with E-state index in [4.69, 9.17) is 5.73 Å². The summed E-state index contributed by atoms with van der Waals surface area (Å²) in [4.78, 5) is 4.16. The van der Waals surface area contributed by atoms with Crippen LogP contribution >= 0.6 is 28.3 Å². The second-order valence-electron chi connectivity index (χ2n) is 3.67. The van der Waals surface area contributed by atoms with Crippen LogP contribution in [0.25, 0.3) is 0 Å². The Morgan fingerprint density at radius 1 is 1.57 bits per heavy atom. The zero-order valence-corrected chi connectivity index (χ0v) is 10.2. The van der Waals surface area contributed by atoms with Gasteiger partial charge < -0.3 is 5.73 Å². The van der Waals surface area contributed by atoms with Crippen molar-refractivity contribution in [3.63, 3.8) is 0 Å². The molecule has 2 nitrogen and oxygen atoms in total. The molecule has 14 heavy (non-hydrogen) atoms. The van der Waals surface area contributed by atoms with Crippen molar-refractivity contribution in [1.29, 1.82) is 0 Å². The minimum Gasteiger partial charge on any atom is -0.324 e. The normalized spacial score (nSPS) is 17.3. The van der Waals surface area contributed by atoms with Crippen LogP contribution in [-0.2, 0) is 0 Å². The molecular formula is C10H14BrClN2. The van der Waals surface area contributed by atoms with Gasteiger partial charge >= 0.3 is 0 Å². The molecular weight excluding hydrogens is 263 g/mol. The molecule has 0 amide bonds. The number of pyridine rings is 1. The SMILES string of the molecule is Cl.N[C@@H](CC1CC1)c1cccnc1Br. The third kappa shape index (κ3) is 2.94. The molecule has 78 valence electrons. The van der Waals surface area contributed by atoms with Crippen molar-refractivity contribution in [2.24, 2.45) is 11.7 Å². The Morgan fingerprint density at radius 3 is 2.86 bits per heavy atom. The summed E-state index contributed by atoms with van der Waals surface area (Å²) < 4.78 is 0.892. The Hall–Kier alpha value is -0.120. The molecule has 1 fully saturated rings. The summed E-state index contributed by atoms with van der Waals surface area (Å²) in [5.41, 5.74) is 7.20. The van der Waals surface area contributed by atoms with Crippen LogP contribution in [0, 0.1) is 5.92 Å². The van der Waals surface area contributed by atoms with E-state index in [0.717, 1.165) is 22.5 Å². The van der Waals surface area contributed by atoms with Crippen molar-refractivity contribution in [2.75, 3.05) is 0 Å². The first-order chi connectivity index (χ1) is 6.27. The van der Waals surface area contributed by atoms with E-state index in [-0.39, 0.29) is 18.4 Å². The van der Waals surface area contributed by atoms with E-state index in [1.54, 1.807) is 6.20 Å². The lowest BCUT2D eigenvalue weighted by Gasteiger charge is -2.11. The van der Waals surface area contributed by atoms with Crippen molar-refractivity contribution in [1.82, 2.24) is 4.98 Å². The summed E-state index contributed by atoms with van der Waals surface area (Å²) >= 11 is 3.42. The Balaban J connectivity index is 0.000000980. The monoisotopic (exact) mass is 276 g/mol. The third-order valence-corrected chi connectivity index (χ3v) is 3.13. The quantitative estimate of drug-likeness (QED) is 0.863. The average molecular weight is 278 g/mol. The molecule has 1 aromatic rings. The highest BCUT2D eigenvalue weighted by Gasteiger charge is 2.25. The van der Waals surface area contributed by atoms with Crippen molar-refractivity contribution in [2.45, 2.75) is 25.3 Å². The molecule has 0 spiro atoms. The van der Waals surface area contributed by atoms with E-state index in [0.29, 0.717) is 0 Å². The van der Waals surface area contributed by atoms with Gasteiger partial charge in [-0.15, -0.1) is 12.4 Å². The molecule has 0 bridgehead atoms. The van der Waals surface area contributed by atoms with Gasteiger partial charge in [0, 0.05) is 17.8 Å².